The van der Waals surface area contributed by atoms with Crippen molar-refractivity contribution in [3.63, 3.8) is 0 Å². The van der Waals surface area contributed by atoms with Crippen molar-refractivity contribution in [1.82, 2.24) is 41.5 Å². The summed E-state index contributed by atoms with van der Waals surface area (Å²) in [7, 11) is 0. The molecule has 4 amide bonds. The molecule has 1 aromatic heterocycles. The van der Waals surface area contributed by atoms with Crippen molar-refractivity contribution in [3.8, 4) is 22.5 Å². The molecule has 3 aromatic carbocycles. The lowest BCUT2D eigenvalue weighted by Gasteiger charge is -2.29. The molecule has 1 aliphatic carbocycles. The predicted molar refractivity (Wildman–Crippen MR) is 197 cm³/mol. The standard InChI is InChI=1S/C38H47N9O5/c1-3-47(4-2)20-19-39-35(48)31-10-6-9-30(23-31)29-8-5-7-26(21-29)22-33(42-36(49)28-13-11-25(12-14-28)24-40-38(51)52)37(50)41-32-17-15-27(16-18-32)34-43-45-46-44-34/h5-10,15-18,21,23,25,28,33,40H,3-4,11-14,19-20,22,24H2,1-2H3,(H,39,48)(H,41,50)(H,42,49)(H,51,52)(H,43,44,45,46)/t25-,28-,33-/m0/s1. The maximum absolute atomic E-state index is 13.8. The molecule has 0 spiro atoms. The number of aromatic nitrogens is 4. The van der Waals surface area contributed by atoms with E-state index in [9.17, 15) is 19.2 Å². The molecule has 0 radical (unpaired) electrons. The molecule has 274 valence electrons. The number of tetrazole rings is 1. The Balaban J connectivity index is 1.29. The molecular weight excluding hydrogens is 662 g/mol. The van der Waals surface area contributed by atoms with Crippen LogP contribution in [0.25, 0.3) is 22.5 Å². The van der Waals surface area contributed by atoms with Crippen LogP contribution in [0.5, 0.6) is 0 Å². The summed E-state index contributed by atoms with van der Waals surface area (Å²) in [6, 6.07) is 21.4. The average molecular weight is 710 g/mol. The zero-order chi connectivity index (χ0) is 36.9. The van der Waals surface area contributed by atoms with E-state index >= 15 is 0 Å². The fourth-order valence-electron chi connectivity index (χ4n) is 6.50. The molecule has 1 heterocycles. The molecule has 1 atom stereocenters. The van der Waals surface area contributed by atoms with Crippen LogP contribution in [-0.4, -0.2) is 93.2 Å². The lowest BCUT2D eigenvalue weighted by molar-refractivity contribution is -0.130. The SMILES string of the molecule is CCN(CC)CCNC(=O)c1cccc(-c2cccc(C[C@H](NC(=O)[C@H]3CC[C@H](CNC(=O)O)CC3)C(=O)Nc3ccc(-c4nnn[nH]4)cc3)c2)c1. The quantitative estimate of drug-likeness (QED) is 0.0981. The highest BCUT2D eigenvalue weighted by Gasteiger charge is 2.30. The molecule has 14 heteroatoms. The second-order valence-corrected chi connectivity index (χ2v) is 13.0. The van der Waals surface area contributed by atoms with Gasteiger partial charge in [0.05, 0.1) is 0 Å². The number of amides is 4. The molecule has 14 nitrogen and oxygen atoms in total. The first-order valence-corrected chi connectivity index (χ1v) is 17.8. The summed E-state index contributed by atoms with van der Waals surface area (Å²) < 4.78 is 0. The number of hydrogen-bond acceptors (Lipinski definition) is 8. The molecule has 0 saturated heterocycles. The topological polar surface area (TPSA) is 194 Å². The van der Waals surface area contributed by atoms with E-state index in [1.165, 1.54) is 0 Å². The maximum atomic E-state index is 13.8. The molecule has 5 rings (SSSR count). The first kappa shape index (κ1) is 37.6. The molecule has 4 aromatic rings. The van der Waals surface area contributed by atoms with Crippen LogP contribution < -0.4 is 21.3 Å². The van der Waals surface area contributed by atoms with Crippen LogP contribution >= 0.6 is 0 Å². The Morgan fingerprint density at radius 3 is 2.27 bits per heavy atom. The first-order valence-electron chi connectivity index (χ1n) is 17.8. The normalized spacial score (nSPS) is 16.1. The van der Waals surface area contributed by atoms with E-state index in [4.69, 9.17) is 5.11 Å². The van der Waals surface area contributed by atoms with Crippen molar-refractivity contribution in [2.24, 2.45) is 11.8 Å². The zero-order valence-electron chi connectivity index (χ0n) is 29.6. The van der Waals surface area contributed by atoms with E-state index in [2.05, 4.69) is 60.6 Å². The summed E-state index contributed by atoms with van der Waals surface area (Å²) in [4.78, 5) is 53.5. The Kier molecular flexibility index (Phi) is 13.4. The van der Waals surface area contributed by atoms with E-state index in [-0.39, 0.29) is 36.0 Å². The van der Waals surface area contributed by atoms with Crippen molar-refractivity contribution in [3.05, 3.63) is 83.9 Å². The van der Waals surface area contributed by atoms with Gasteiger partial charge in [-0.2, -0.15) is 0 Å². The Labute approximate surface area is 303 Å². The number of rotatable bonds is 16. The third-order valence-corrected chi connectivity index (χ3v) is 9.60. The molecule has 1 fully saturated rings. The van der Waals surface area contributed by atoms with Gasteiger partial charge in [0, 0.05) is 48.8 Å². The van der Waals surface area contributed by atoms with Gasteiger partial charge in [-0.25, -0.2) is 9.89 Å². The number of aromatic amines is 1. The van der Waals surface area contributed by atoms with Crippen LogP contribution in [0.2, 0.25) is 0 Å². The van der Waals surface area contributed by atoms with Crippen LogP contribution in [0.3, 0.4) is 0 Å². The smallest absolute Gasteiger partial charge is 0.404 e. The molecule has 52 heavy (non-hydrogen) atoms. The minimum absolute atomic E-state index is 0.137. The van der Waals surface area contributed by atoms with E-state index in [0.29, 0.717) is 43.0 Å². The maximum Gasteiger partial charge on any atom is 0.404 e. The lowest BCUT2D eigenvalue weighted by Crippen LogP contribution is -2.48. The summed E-state index contributed by atoms with van der Waals surface area (Å²) in [6.07, 6.45) is 1.84. The second kappa shape index (κ2) is 18.6. The Morgan fingerprint density at radius 2 is 1.60 bits per heavy atom. The van der Waals surface area contributed by atoms with Gasteiger partial charge in [-0.1, -0.05) is 50.2 Å². The van der Waals surface area contributed by atoms with E-state index < -0.39 is 12.1 Å². The molecule has 0 bridgehead atoms. The second-order valence-electron chi connectivity index (χ2n) is 13.0. The number of nitrogens with one attached hydrogen (secondary N) is 5. The number of hydrogen-bond donors (Lipinski definition) is 6. The van der Waals surface area contributed by atoms with Crippen molar-refractivity contribution in [1.29, 1.82) is 0 Å². The van der Waals surface area contributed by atoms with Gasteiger partial charge in [-0.15, -0.1) is 5.10 Å². The number of H-pyrrole nitrogens is 1. The highest BCUT2D eigenvalue weighted by molar-refractivity contribution is 5.98. The van der Waals surface area contributed by atoms with Gasteiger partial charge in [-0.05, 0) is 108 Å². The minimum Gasteiger partial charge on any atom is -0.465 e. The third-order valence-electron chi connectivity index (χ3n) is 9.60. The Bertz CT molecular complexity index is 1790. The molecular formula is C38H47N9O5. The first-order chi connectivity index (χ1) is 25.2. The summed E-state index contributed by atoms with van der Waals surface area (Å²) >= 11 is 0. The lowest BCUT2D eigenvalue weighted by atomic mass is 9.81. The third kappa shape index (κ3) is 10.7. The Morgan fingerprint density at radius 1 is 0.885 bits per heavy atom. The van der Waals surface area contributed by atoms with Crippen molar-refractivity contribution < 1.29 is 24.3 Å². The molecule has 0 aliphatic heterocycles. The van der Waals surface area contributed by atoms with Gasteiger partial charge in [0.25, 0.3) is 5.91 Å². The van der Waals surface area contributed by atoms with E-state index in [0.717, 1.165) is 54.7 Å². The average Bonchev–Trinajstić information content (AvgIpc) is 3.71. The number of carbonyl (C=O) groups is 4. The zero-order valence-corrected chi connectivity index (χ0v) is 29.6. The van der Waals surface area contributed by atoms with Crippen LogP contribution in [0.4, 0.5) is 10.5 Å². The highest BCUT2D eigenvalue weighted by Crippen LogP contribution is 2.29. The number of carboxylic acid groups (broad SMARTS) is 1. The molecule has 1 saturated carbocycles. The number of carbonyl (C=O) groups excluding carboxylic acids is 3. The minimum atomic E-state index is -1.05. The molecule has 0 unspecified atom stereocenters. The number of likely N-dealkylation sites (N-methyl/N-ethyl adjacent to an activating group) is 1. The monoisotopic (exact) mass is 709 g/mol. The fourth-order valence-corrected chi connectivity index (χ4v) is 6.50. The highest BCUT2D eigenvalue weighted by atomic mass is 16.4. The van der Waals surface area contributed by atoms with E-state index in [1.54, 1.807) is 30.3 Å². The van der Waals surface area contributed by atoms with Gasteiger partial charge >= 0.3 is 6.09 Å². The summed E-state index contributed by atoms with van der Waals surface area (Å²) in [5.41, 5.74) is 4.44. The number of nitrogens with zero attached hydrogens (tertiary/aromatic N) is 4. The summed E-state index contributed by atoms with van der Waals surface area (Å²) in [5.74, 6) is -0.308. The van der Waals surface area contributed by atoms with E-state index in [1.807, 2.05) is 42.5 Å². The predicted octanol–water partition coefficient (Wildman–Crippen LogP) is 4.35. The number of anilines is 1. The van der Waals surface area contributed by atoms with Gasteiger partial charge in [0.15, 0.2) is 5.82 Å². The van der Waals surface area contributed by atoms with Crippen LogP contribution in [0.1, 0.15) is 55.5 Å². The molecule has 1 aliphatic rings. The molecule has 6 N–H and O–H groups in total. The largest absolute Gasteiger partial charge is 0.465 e. The summed E-state index contributed by atoms with van der Waals surface area (Å²) in [5, 5.41) is 34.2. The van der Waals surface area contributed by atoms with Crippen molar-refractivity contribution in [2.75, 3.05) is 38.0 Å². The van der Waals surface area contributed by atoms with Crippen LogP contribution in [0, 0.1) is 11.8 Å². The van der Waals surface area contributed by atoms with Gasteiger partial charge < -0.3 is 31.3 Å². The van der Waals surface area contributed by atoms with Crippen molar-refractivity contribution >= 4 is 29.5 Å². The van der Waals surface area contributed by atoms with Crippen molar-refractivity contribution in [2.45, 2.75) is 52.0 Å². The Hall–Kier alpha value is -5.63. The number of benzene rings is 3. The van der Waals surface area contributed by atoms with Gasteiger partial charge in [-0.3, -0.25) is 14.4 Å². The van der Waals surface area contributed by atoms with Crippen LogP contribution in [-0.2, 0) is 16.0 Å². The van der Waals surface area contributed by atoms with Crippen LogP contribution in [0.15, 0.2) is 72.8 Å². The summed E-state index contributed by atoms with van der Waals surface area (Å²) in [6.45, 7) is 7.75. The van der Waals surface area contributed by atoms with Gasteiger partial charge in [0.1, 0.15) is 6.04 Å². The van der Waals surface area contributed by atoms with Gasteiger partial charge in [0.2, 0.25) is 11.8 Å². The fraction of sp³-hybridized carbons (Fsp3) is 0.395.